The lowest BCUT2D eigenvalue weighted by Gasteiger charge is -2.07. The summed E-state index contributed by atoms with van der Waals surface area (Å²) in [5.74, 6) is 0. The number of H-pyrrole nitrogens is 1. The number of imidazole rings is 1. The first-order chi connectivity index (χ1) is 9.97. The summed E-state index contributed by atoms with van der Waals surface area (Å²) in [6.07, 6.45) is 0. The SMILES string of the molecule is Bc1nc2c(c(=O)[nH]c(=O)n2C)n1Cc1ccc(Cl)cc1. The molecule has 3 rings (SSSR count). The Kier molecular flexibility index (Phi) is 3.21. The van der Waals surface area contributed by atoms with Gasteiger partial charge in [0.25, 0.3) is 5.56 Å². The molecule has 0 unspecified atom stereocenters. The second-order valence-corrected chi connectivity index (χ2v) is 5.30. The van der Waals surface area contributed by atoms with Gasteiger partial charge in [-0.25, -0.2) is 9.78 Å². The van der Waals surface area contributed by atoms with Gasteiger partial charge in [0.05, 0.1) is 5.72 Å². The van der Waals surface area contributed by atoms with Gasteiger partial charge in [-0.05, 0) is 17.7 Å². The van der Waals surface area contributed by atoms with E-state index >= 15 is 0 Å². The Hall–Kier alpha value is -2.28. The maximum atomic E-state index is 12.1. The Morgan fingerprint density at radius 2 is 1.95 bits per heavy atom. The minimum atomic E-state index is -0.469. The zero-order valence-corrected chi connectivity index (χ0v) is 12.3. The molecule has 3 aromatic rings. The van der Waals surface area contributed by atoms with Gasteiger partial charge in [0.2, 0.25) is 0 Å². The molecular weight excluding hydrogens is 290 g/mol. The van der Waals surface area contributed by atoms with Crippen molar-refractivity contribution in [2.24, 2.45) is 7.05 Å². The third-order valence-electron chi connectivity index (χ3n) is 3.45. The molecule has 0 spiro atoms. The van der Waals surface area contributed by atoms with E-state index < -0.39 is 11.2 Å². The lowest BCUT2D eigenvalue weighted by molar-refractivity contribution is 0.815. The summed E-state index contributed by atoms with van der Waals surface area (Å²) in [6.45, 7) is 0.487. The predicted octanol–water partition coefficient (Wildman–Crippen LogP) is -0.617. The molecule has 1 N–H and O–H groups in total. The van der Waals surface area contributed by atoms with Crippen LogP contribution in [-0.2, 0) is 13.6 Å². The van der Waals surface area contributed by atoms with E-state index in [0.717, 1.165) is 5.56 Å². The van der Waals surface area contributed by atoms with Gasteiger partial charge in [-0.2, -0.15) is 0 Å². The number of hydrogen-bond donors (Lipinski definition) is 1. The van der Waals surface area contributed by atoms with Crippen LogP contribution >= 0.6 is 11.6 Å². The molecule has 6 nitrogen and oxygen atoms in total. The Morgan fingerprint density at radius 1 is 1.29 bits per heavy atom. The molecule has 2 heterocycles. The number of aromatic nitrogens is 4. The van der Waals surface area contributed by atoms with E-state index in [0.29, 0.717) is 28.5 Å². The maximum Gasteiger partial charge on any atom is 0.329 e. The van der Waals surface area contributed by atoms with Crippen molar-refractivity contribution in [1.29, 1.82) is 0 Å². The molecule has 2 aromatic heterocycles. The lowest BCUT2D eigenvalue weighted by Crippen LogP contribution is -2.29. The number of rotatable bonds is 2. The quantitative estimate of drug-likeness (QED) is 0.642. The Balaban J connectivity index is 2.21. The molecule has 0 saturated carbocycles. The number of aromatic amines is 1. The largest absolute Gasteiger partial charge is 0.329 e. The first-order valence-corrected chi connectivity index (χ1v) is 6.76. The third kappa shape index (κ3) is 2.29. The van der Waals surface area contributed by atoms with Gasteiger partial charge in [-0.15, -0.1) is 0 Å². The molecule has 0 aliphatic heterocycles. The monoisotopic (exact) mass is 302 g/mol. The van der Waals surface area contributed by atoms with Crippen molar-refractivity contribution in [1.82, 2.24) is 19.1 Å². The van der Waals surface area contributed by atoms with Gasteiger partial charge < -0.3 is 4.57 Å². The second kappa shape index (κ2) is 4.93. The normalized spacial score (nSPS) is 11.1. The topological polar surface area (TPSA) is 72.7 Å². The van der Waals surface area contributed by atoms with Crippen LogP contribution in [-0.4, -0.2) is 26.9 Å². The fraction of sp³-hybridized carbons (Fsp3) is 0.154. The summed E-state index contributed by atoms with van der Waals surface area (Å²) in [5.41, 5.74) is 1.55. The number of fused-ring (bicyclic) bond motifs is 1. The fourth-order valence-electron chi connectivity index (χ4n) is 2.31. The van der Waals surface area contributed by atoms with Crippen LogP contribution in [0.2, 0.25) is 5.02 Å². The highest BCUT2D eigenvalue weighted by Crippen LogP contribution is 2.12. The van der Waals surface area contributed by atoms with Crippen LogP contribution in [0.5, 0.6) is 0 Å². The van der Waals surface area contributed by atoms with Crippen molar-refractivity contribution >= 4 is 36.3 Å². The molecule has 0 aliphatic carbocycles. The van der Waals surface area contributed by atoms with Gasteiger partial charge in [0.15, 0.2) is 19.0 Å². The number of nitrogens with one attached hydrogen (secondary N) is 1. The van der Waals surface area contributed by atoms with Gasteiger partial charge in [-0.1, -0.05) is 23.7 Å². The van der Waals surface area contributed by atoms with Crippen LogP contribution in [0.3, 0.4) is 0 Å². The highest BCUT2D eigenvalue weighted by atomic mass is 35.5. The highest BCUT2D eigenvalue weighted by molar-refractivity contribution is 6.30. The van der Waals surface area contributed by atoms with E-state index in [1.807, 2.05) is 12.1 Å². The van der Waals surface area contributed by atoms with E-state index in [4.69, 9.17) is 11.6 Å². The van der Waals surface area contributed by atoms with Crippen molar-refractivity contribution in [3.8, 4) is 0 Å². The van der Waals surface area contributed by atoms with E-state index in [9.17, 15) is 9.59 Å². The minimum absolute atomic E-state index is 0.384. The standard InChI is InChI=1S/C13H12BClN4O2/c1-18-10-9(11(20)17-13(18)21)19(12(14)16-10)6-7-2-4-8(15)5-3-7/h2-5H,6,14H2,1H3,(H,17,20,21). The van der Waals surface area contributed by atoms with Crippen LogP contribution in [0.15, 0.2) is 33.9 Å². The van der Waals surface area contributed by atoms with Crippen molar-refractivity contribution in [3.63, 3.8) is 0 Å². The van der Waals surface area contributed by atoms with Crippen LogP contribution < -0.4 is 17.0 Å². The Bertz CT molecular complexity index is 940. The number of benzene rings is 1. The molecule has 21 heavy (non-hydrogen) atoms. The van der Waals surface area contributed by atoms with Gasteiger partial charge in [0.1, 0.15) is 0 Å². The summed E-state index contributed by atoms with van der Waals surface area (Å²) in [7, 11) is 3.39. The molecule has 8 heteroatoms. The van der Waals surface area contributed by atoms with E-state index in [1.54, 1.807) is 31.6 Å². The third-order valence-corrected chi connectivity index (χ3v) is 3.70. The van der Waals surface area contributed by atoms with E-state index in [1.165, 1.54) is 4.57 Å². The van der Waals surface area contributed by atoms with Crippen LogP contribution in [0.4, 0.5) is 0 Å². The summed E-state index contributed by atoms with van der Waals surface area (Å²) >= 11 is 5.87. The van der Waals surface area contributed by atoms with Crippen molar-refractivity contribution in [2.45, 2.75) is 6.54 Å². The zero-order valence-electron chi connectivity index (χ0n) is 11.6. The predicted molar refractivity (Wildman–Crippen MR) is 84.3 cm³/mol. The first kappa shape index (κ1) is 13.7. The maximum absolute atomic E-state index is 12.1. The van der Waals surface area contributed by atoms with E-state index in [-0.39, 0.29) is 0 Å². The molecule has 0 bridgehead atoms. The summed E-state index contributed by atoms with van der Waals surface area (Å²) in [4.78, 5) is 30.3. The van der Waals surface area contributed by atoms with Crippen molar-refractivity contribution in [2.75, 3.05) is 0 Å². The molecule has 0 atom stereocenters. The minimum Gasteiger partial charge on any atom is -0.326 e. The summed E-state index contributed by atoms with van der Waals surface area (Å²) in [6, 6.07) is 7.38. The average molecular weight is 303 g/mol. The molecule has 0 fully saturated rings. The Labute approximate surface area is 125 Å². The van der Waals surface area contributed by atoms with Gasteiger partial charge >= 0.3 is 5.69 Å². The van der Waals surface area contributed by atoms with Gasteiger partial charge in [0, 0.05) is 18.6 Å². The lowest BCUT2D eigenvalue weighted by atomic mass is 10.1. The van der Waals surface area contributed by atoms with Crippen LogP contribution in [0.25, 0.3) is 11.2 Å². The molecular formula is C13H12BClN4O2. The van der Waals surface area contributed by atoms with Crippen molar-refractivity contribution in [3.05, 3.63) is 55.7 Å². The van der Waals surface area contributed by atoms with Crippen molar-refractivity contribution < 1.29 is 0 Å². The second-order valence-electron chi connectivity index (χ2n) is 4.86. The Morgan fingerprint density at radius 3 is 2.62 bits per heavy atom. The molecule has 0 saturated heterocycles. The number of halogens is 1. The number of hydrogen-bond acceptors (Lipinski definition) is 3. The van der Waals surface area contributed by atoms with Gasteiger partial charge in [-0.3, -0.25) is 14.3 Å². The summed E-state index contributed by atoms with van der Waals surface area (Å²) in [5, 5.41) is 0.659. The fourth-order valence-corrected chi connectivity index (χ4v) is 2.44. The molecule has 0 amide bonds. The average Bonchev–Trinajstić information content (AvgIpc) is 2.77. The summed E-state index contributed by atoms with van der Waals surface area (Å²) < 4.78 is 3.12. The molecule has 0 aliphatic rings. The molecule has 106 valence electrons. The molecule has 1 aromatic carbocycles. The first-order valence-electron chi connectivity index (χ1n) is 6.38. The number of aryl methyl sites for hydroxylation is 1. The van der Waals surface area contributed by atoms with Crippen LogP contribution in [0.1, 0.15) is 5.56 Å². The smallest absolute Gasteiger partial charge is 0.326 e. The zero-order chi connectivity index (χ0) is 15.1. The highest BCUT2D eigenvalue weighted by Gasteiger charge is 2.14. The molecule has 0 radical (unpaired) electrons. The van der Waals surface area contributed by atoms with Crippen LogP contribution in [0, 0.1) is 0 Å². The number of nitrogens with zero attached hydrogens (tertiary/aromatic N) is 3. The van der Waals surface area contributed by atoms with E-state index in [2.05, 4.69) is 9.97 Å².